The summed E-state index contributed by atoms with van der Waals surface area (Å²) in [5.41, 5.74) is 16.4. The molecule has 4 aromatic heterocycles. The van der Waals surface area contributed by atoms with Crippen molar-refractivity contribution in [3.8, 4) is 22.3 Å². The van der Waals surface area contributed by atoms with Gasteiger partial charge in [-0.15, -0.1) is 0 Å². The molecule has 0 aliphatic heterocycles. The number of nitrogens with two attached hydrogens (primary N) is 1. The van der Waals surface area contributed by atoms with E-state index < -0.39 is 7.12 Å². The summed E-state index contributed by atoms with van der Waals surface area (Å²) in [5, 5.41) is 36.4. The molecule has 0 atom stereocenters. The second-order valence-electron chi connectivity index (χ2n) is 21.8. The Hall–Kier alpha value is -7.32. The number of rotatable bonds is 16. The highest BCUT2D eigenvalue weighted by Crippen LogP contribution is 2.30. The van der Waals surface area contributed by atoms with E-state index in [0.29, 0.717) is 53.4 Å². The van der Waals surface area contributed by atoms with Gasteiger partial charge in [-0.05, 0) is 154 Å². The van der Waals surface area contributed by atoms with Crippen molar-refractivity contribution in [2.24, 2.45) is 5.73 Å². The fourth-order valence-corrected chi connectivity index (χ4v) is 10.8. The first kappa shape index (κ1) is 62.7. The minimum atomic E-state index is -1.43. The minimum absolute atomic E-state index is 0. The molecule has 21 heteroatoms. The van der Waals surface area contributed by atoms with E-state index in [1.165, 1.54) is 6.07 Å². The van der Waals surface area contributed by atoms with Gasteiger partial charge in [0.25, 0.3) is 0 Å². The Morgan fingerprint density at radius 3 is 1.36 bits per heavy atom. The van der Waals surface area contributed by atoms with E-state index in [1.54, 1.807) is 25.1 Å². The van der Waals surface area contributed by atoms with Crippen LogP contribution in [0.5, 0.6) is 0 Å². The van der Waals surface area contributed by atoms with Gasteiger partial charge in [-0.3, -0.25) is 4.79 Å². The number of carbonyl (C=O) groups is 1. The molecule has 440 valence electrons. The van der Waals surface area contributed by atoms with E-state index in [2.05, 4.69) is 134 Å². The van der Waals surface area contributed by atoms with Gasteiger partial charge in [-0.1, -0.05) is 127 Å². The Labute approximate surface area is 507 Å². The highest BCUT2D eigenvalue weighted by molar-refractivity contribution is 6.59. The van der Waals surface area contributed by atoms with Crippen molar-refractivity contribution in [2.45, 2.75) is 143 Å². The third-order valence-corrected chi connectivity index (χ3v) is 15.5. The van der Waals surface area contributed by atoms with Crippen LogP contribution in [0.3, 0.4) is 0 Å². The Morgan fingerprint density at radius 2 is 0.976 bits per heavy atom. The molecule has 0 radical (unpaired) electrons. The Kier molecular flexibility index (Phi) is 22.0. The number of nitrogens with zero attached hydrogens (tertiary/aromatic N) is 8. The zero-order valence-electron chi connectivity index (χ0n) is 47.4. The first-order chi connectivity index (χ1) is 40.0. The first-order valence-electron chi connectivity index (χ1n) is 28.4. The van der Waals surface area contributed by atoms with Crippen molar-refractivity contribution in [1.29, 1.82) is 0 Å². The number of benzene rings is 5. The van der Waals surface area contributed by atoms with Crippen LogP contribution in [0.25, 0.3) is 44.6 Å². The Morgan fingerprint density at radius 1 is 0.571 bits per heavy atom. The van der Waals surface area contributed by atoms with Gasteiger partial charge in [0.1, 0.15) is 0 Å². The maximum atomic E-state index is 11.4. The predicted octanol–water partition coefficient (Wildman–Crippen LogP) is 12.9. The molecule has 1 amide bonds. The summed E-state index contributed by atoms with van der Waals surface area (Å²) in [6.07, 6.45) is 11.6. The van der Waals surface area contributed by atoms with E-state index >= 15 is 0 Å². The molecule has 0 bridgehead atoms. The number of imidazole rings is 2. The maximum absolute atomic E-state index is 11.4. The number of halogens is 3. The molecule has 0 spiro atoms. The van der Waals surface area contributed by atoms with E-state index in [-0.39, 0.29) is 37.5 Å². The summed E-state index contributed by atoms with van der Waals surface area (Å²) >= 11 is 17.9. The number of carbonyl (C=O) groups excluding carboxylic acids is 1. The molecule has 84 heavy (non-hydrogen) atoms. The van der Waals surface area contributed by atoms with Crippen LogP contribution in [0.1, 0.15) is 117 Å². The zero-order valence-corrected chi connectivity index (χ0v) is 49.7. The average molecular weight is 1190 g/mol. The number of nitrogens with one attached hydrogen (secondary N) is 5. The number of hydrogen-bond acceptors (Lipinski definition) is 14. The van der Waals surface area contributed by atoms with Gasteiger partial charge >= 0.3 is 7.12 Å². The predicted molar refractivity (Wildman–Crippen MR) is 345 cm³/mol. The van der Waals surface area contributed by atoms with Crippen LogP contribution < -0.4 is 37.8 Å². The van der Waals surface area contributed by atoms with Gasteiger partial charge in [-0.2, -0.15) is 19.9 Å². The summed E-state index contributed by atoms with van der Waals surface area (Å²) in [6.45, 7) is 11.3. The zero-order chi connectivity index (χ0) is 58.6. The van der Waals surface area contributed by atoms with Crippen LogP contribution in [0.15, 0.2) is 134 Å². The van der Waals surface area contributed by atoms with Crippen molar-refractivity contribution in [3.05, 3.63) is 160 Å². The minimum Gasteiger partial charge on any atom is -0.423 e. The maximum Gasteiger partial charge on any atom is 0.488 e. The molecule has 0 unspecified atom stereocenters. The summed E-state index contributed by atoms with van der Waals surface area (Å²) in [6, 6.07) is 40.8. The standard InChI is InChI=1S/C29H34ClN7O.C27H32ClN7.C6H6BClO2.CH4/c1-18(2)37-17-32-26-27(31-16-20-7-9-21(10-8-20)22-5-4-6-23(30)15-22)35-29(36-28(26)37)34-25-13-11-24(12-14-25)33-19(3)38;1-17(2)35-16-31-24-25(33-27(34-26(24)35)32-23-12-10-22(29)11-13-23)30-15-18-6-8-19(9-7-18)20-4-3-5-21(28)14-20;8-6-3-1-2-5(4-6)7(9)10;/h4-10,15,17-18,24-25H,11-14,16H2,1-3H3,(H,33,38)(H2,31,34,35,36);3-9,14,16-17,22-23H,10-13,15,29H2,1-2H3,(H2,30,32,33,34);1-4,9-10H;1H4. The van der Waals surface area contributed by atoms with E-state index in [9.17, 15) is 4.79 Å². The number of fused-ring (bicyclic) bond motifs is 2. The van der Waals surface area contributed by atoms with Gasteiger partial charge in [0, 0.05) is 71.3 Å². The van der Waals surface area contributed by atoms with Gasteiger partial charge in [0.15, 0.2) is 34.0 Å². The molecule has 9 aromatic rings. The number of hydrogen-bond donors (Lipinski definition) is 8. The van der Waals surface area contributed by atoms with E-state index in [1.807, 2.05) is 49.1 Å². The summed E-state index contributed by atoms with van der Waals surface area (Å²) in [5.74, 6) is 2.72. The Balaban J connectivity index is 0.000000186. The van der Waals surface area contributed by atoms with Crippen LogP contribution in [-0.4, -0.2) is 86.3 Å². The normalized spacial score (nSPS) is 16.6. The molecule has 2 fully saturated rings. The van der Waals surface area contributed by atoms with Crippen LogP contribution >= 0.6 is 34.8 Å². The van der Waals surface area contributed by atoms with E-state index in [0.717, 1.165) is 123 Å². The average Bonchev–Trinajstić information content (AvgIpc) is 4.01. The number of amides is 1. The third-order valence-electron chi connectivity index (χ3n) is 14.8. The molecule has 2 aliphatic carbocycles. The van der Waals surface area contributed by atoms with Gasteiger partial charge < -0.3 is 51.5 Å². The lowest BCUT2D eigenvalue weighted by molar-refractivity contribution is -0.119. The molecule has 0 saturated heterocycles. The monoisotopic (exact) mass is 1190 g/mol. The first-order valence-corrected chi connectivity index (χ1v) is 29.5. The highest BCUT2D eigenvalue weighted by atomic mass is 35.5. The van der Waals surface area contributed by atoms with Crippen LogP contribution in [0.4, 0.5) is 23.5 Å². The number of aromatic nitrogens is 8. The smallest absolute Gasteiger partial charge is 0.423 e. The van der Waals surface area contributed by atoms with Crippen molar-refractivity contribution in [2.75, 3.05) is 21.3 Å². The lowest BCUT2D eigenvalue weighted by Gasteiger charge is -2.29. The quantitative estimate of drug-likeness (QED) is 0.0421. The fraction of sp³-hybridized carbons (Fsp3) is 0.349. The summed E-state index contributed by atoms with van der Waals surface area (Å²) in [7, 11) is -1.43. The second kappa shape index (κ2) is 29.5. The third kappa shape index (κ3) is 16.9. The molecule has 5 aromatic carbocycles. The lowest BCUT2D eigenvalue weighted by Crippen LogP contribution is -2.39. The molecule has 9 N–H and O–H groups in total. The van der Waals surface area contributed by atoms with Crippen LogP contribution in [0.2, 0.25) is 15.1 Å². The van der Waals surface area contributed by atoms with Crippen molar-refractivity contribution in [3.63, 3.8) is 0 Å². The van der Waals surface area contributed by atoms with E-state index in [4.69, 9.17) is 70.5 Å². The largest absolute Gasteiger partial charge is 0.488 e. The molecular weight excluding hydrogens is 1120 g/mol. The van der Waals surface area contributed by atoms with Crippen LogP contribution in [-0.2, 0) is 17.9 Å². The van der Waals surface area contributed by atoms with Crippen LogP contribution in [0, 0.1) is 0 Å². The fourth-order valence-electron chi connectivity index (χ4n) is 10.3. The topological polar surface area (TPSA) is 231 Å². The molecule has 17 nitrogen and oxygen atoms in total. The van der Waals surface area contributed by atoms with Crippen molar-refractivity contribution >= 4 is 99.2 Å². The second-order valence-corrected chi connectivity index (χ2v) is 23.1. The van der Waals surface area contributed by atoms with Gasteiger partial charge in [0.05, 0.1) is 12.7 Å². The van der Waals surface area contributed by atoms with Crippen molar-refractivity contribution < 1.29 is 14.8 Å². The SMILES string of the molecule is C.CC(=O)NC1CCC(Nc2nc(NCc3ccc(-c4cccc(Cl)c4)cc3)c3ncn(C(C)C)c3n2)CC1.CC(C)n1cnc2c(NCc3ccc(-c4cccc(Cl)c4)cc3)nc(NC3CCC(N)CC3)nc21.OB(O)c1cccc(Cl)c1. The highest BCUT2D eigenvalue weighted by Gasteiger charge is 2.25. The molecule has 2 saturated carbocycles. The molecule has 4 heterocycles. The summed E-state index contributed by atoms with van der Waals surface area (Å²) in [4.78, 5) is 40.0. The molecule has 2 aliphatic rings. The molecule has 11 rings (SSSR count). The van der Waals surface area contributed by atoms with Gasteiger partial charge in [0.2, 0.25) is 17.8 Å². The molecular formula is C63H76BCl3N14O3. The van der Waals surface area contributed by atoms with Crippen molar-refractivity contribution in [1.82, 2.24) is 44.4 Å². The Bertz CT molecular complexity index is 3590. The summed E-state index contributed by atoms with van der Waals surface area (Å²) < 4.78 is 4.16. The lowest BCUT2D eigenvalue weighted by atomic mass is 9.81. The van der Waals surface area contributed by atoms with Gasteiger partial charge in [-0.25, -0.2) is 9.97 Å². The number of anilines is 4.